The molecule has 20 heterocycles. The minimum Gasteiger partial charge on any atom is -0.441 e. The van der Waals surface area contributed by atoms with Crippen molar-refractivity contribution in [2.24, 2.45) is 0 Å². The number of aliphatic hydroxyl groups excluding tert-OH is 1. The molecule has 0 aliphatic carbocycles. The number of imidazole rings is 2. The third kappa shape index (κ3) is 16.0. The van der Waals surface area contributed by atoms with Gasteiger partial charge in [-0.2, -0.15) is 5.10 Å². The molecule has 0 amide bonds. The number of rotatable bonds is 10. The highest BCUT2D eigenvalue weighted by Crippen LogP contribution is 2.33. The summed E-state index contributed by atoms with van der Waals surface area (Å²) in [6, 6.07) is 33.5. The number of piperazine rings is 3. The Morgan fingerprint density at radius 3 is 1.71 bits per heavy atom. The van der Waals surface area contributed by atoms with Gasteiger partial charge in [0.1, 0.15) is 39.4 Å². The molecule has 5 aliphatic heterocycles. The van der Waals surface area contributed by atoms with Crippen LogP contribution in [0.5, 0.6) is 0 Å². The number of fused-ring (bicyclic) bond motifs is 9. The maximum Gasteiger partial charge on any atom is 0.258 e. The first-order valence-electron chi connectivity index (χ1n) is 40.5. The summed E-state index contributed by atoms with van der Waals surface area (Å²) in [5, 5.41) is 17.3. The number of pyridine rings is 6. The first-order chi connectivity index (χ1) is 57.6. The van der Waals surface area contributed by atoms with Gasteiger partial charge in [-0.3, -0.25) is 51.6 Å². The van der Waals surface area contributed by atoms with Crippen LogP contribution in [-0.4, -0.2) is 213 Å². The zero-order valence-electron chi connectivity index (χ0n) is 67.3. The highest BCUT2D eigenvalue weighted by Gasteiger charge is 2.32. The predicted octanol–water partition coefficient (Wildman–Crippen LogP) is 9.83. The van der Waals surface area contributed by atoms with E-state index < -0.39 is 11.6 Å². The first kappa shape index (κ1) is 77.4. The number of aryl methyl sites for hydroxylation is 4. The van der Waals surface area contributed by atoms with Gasteiger partial charge in [0.15, 0.2) is 28.8 Å². The van der Waals surface area contributed by atoms with Crippen molar-refractivity contribution in [3.8, 4) is 45.2 Å². The van der Waals surface area contributed by atoms with E-state index in [4.69, 9.17) is 19.5 Å². The maximum absolute atomic E-state index is 14.5. The zero-order chi connectivity index (χ0) is 82.0. The summed E-state index contributed by atoms with van der Waals surface area (Å²) in [5.41, 5.74) is 15.7. The monoisotopic (exact) mass is 1600 g/mol. The second-order valence-electron chi connectivity index (χ2n) is 31.9. The van der Waals surface area contributed by atoms with E-state index in [-0.39, 0.29) is 40.0 Å². The van der Waals surface area contributed by atoms with Crippen LogP contribution in [0, 0.1) is 39.3 Å². The molecular weight excluding hydrogens is 1510 g/mol. The summed E-state index contributed by atoms with van der Waals surface area (Å²) in [6.45, 7) is 24.2. The molecule has 31 heteroatoms. The Labute approximate surface area is 681 Å². The van der Waals surface area contributed by atoms with Crippen LogP contribution in [0.15, 0.2) is 195 Å². The molecule has 29 nitrogen and oxygen atoms in total. The van der Waals surface area contributed by atoms with Crippen LogP contribution in [0.4, 0.5) is 25.8 Å². The van der Waals surface area contributed by atoms with E-state index in [9.17, 15) is 28.0 Å². The van der Waals surface area contributed by atoms with Gasteiger partial charge in [-0.25, -0.2) is 48.2 Å². The summed E-state index contributed by atoms with van der Waals surface area (Å²) in [4.78, 5) is 101. The molecule has 0 unspecified atom stereocenters. The summed E-state index contributed by atoms with van der Waals surface area (Å²) >= 11 is 0. The molecule has 21 rings (SSSR count). The number of piperidine rings is 1. The van der Waals surface area contributed by atoms with Gasteiger partial charge >= 0.3 is 0 Å². The number of oxazole rings is 1. The summed E-state index contributed by atoms with van der Waals surface area (Å²) in [6.07, 6.45) is 23.1. The van der Waals surface area contributed by atoms with E-state index >= 15 is 0 Å². The van der Waals surface area contributed by atoms with Gasteiger partial charge < -0.3 is 43.2 Å². The topological polar surface area (TPSA) is 280 Å². The summed E-state index contributed by atoms with van der Waals surface area (Å²) in [7, 11) is 2.13. The Morgan fingerprint density at radius 2 is 1.06 bits per heavy atom. The van der Waals surface area contributed by atoms with Gasteiger partial charge in [0.2, 0.25) is 0 Å². The standard InChI is InChI=1S/C23H22FN5O2.C23H26N6O.C22H23FN6O2.C20H20N6O/c1-14-25-23-18(24)9-15(10-20(23)31-14)19-11-22(30)29-13-17(4-5-21(29)26-19)28-8-7-27-6-2-3-16(27)12-28;1-13-7-18(8-14(2)24-13)17-5-6-22-26-19(10-23(30)28(22)12-17)20-9-21-16(4)25-15(3)11-29(21)27-20;1-15-12-28-13-16(10-18(23)22(28)24-15)19-11-21(31)29-14-17(2-3-20(29)25-19)27-6-4-26(5-7-27)8-9-30;1-23-8-10-24(11-9-23)16-3-5-19-22-17(12-20(27)26(19)14-16)15-2-4-18-21-6-7-25(18)13-15/h4-5,9-11,13,16H,2-3,6-8,12H2,1H3;5-6,9-14,18,24H,7-8H2,1-4H3;2-3,10-14,30H,4-9H2,1H3;2-7,12-14H,8-11H2,1H3/t16-;13-,14-;;/m00../s1. The lowest BCUT2D eigenvalue weighted by atomic mass is 9.84. The third-order valence-electron chi connectivity index (χ3n) is 23.4. The van der Waals surface area contributed by atoms with E-state index in [1.54, 1.807) is 79.0 Å². The molecule has 2 N–H and O–H groups in total. The molecule has 5 fully saturated rings. The number of β-amino-alcohol motifs (C(OH)–C–C–N with tert-alkyl or cyclic N) is 1. The smallest absolute Gasteiger partial charge is 0.258 e. The number of hydrogen-bond donors (Lipinski definition) is 2. The Balaban J connectivity index is 0.000000109. The number of anilines is 3. The molecule has 0 spiro atoms. The average molecular weight is 1600 g/mol. The fourth-order valence-electron chi connectivity index (χ4n) is 17.3. The van der Waals surface area contributed by atoms with Gasteiger partial charge in [-0.1, -0.05) is 6.07 Å². The average Bonchev–Trinajstić information content (AvgIpc) is 1.69. The van der Waals surface area contributed by atoms with E-state index in [1.807, 2.05) is 110 Å². The molecule has 5 aliphatic rings. The van der Waals surface area contributed by atoms with Crippen LogP contribution in [0.2, 0.25) is 0 Å². The molecular formula is C88H91F2N23O6. The first-order valence-corrected chi connectivity index (χ1v) is 40.5. The van der Waals surface area contributed by atoms with Crippen LogP contribution in [0.25, 0.3) is 95.7 Å². The van der Waals surface area contributed by atoms with Crippen LogP contribution >= 0.6 is 0 Å². The van der Waals surface area contributed by atoms with Crippen LogP contribution in [-0.2, 0) is 0 Å². The molecule has 15 aromatic heterocycles. The van der Waals surface area contributed by atoms with Gasteiger partial charge in [0, 0.05) is 200 Å². The highest BCUT2D eigenvalue weighted by atomic mass is 19.1. The van der Waals surface area contributed by atoms with Crippen molar-refractivity contribution in [2.75, 3.05) is 113 Å². The molecule has 16 aromatic rings. The third-order valence-corrected chi connectivity index (χ3v) is 23.4. The molecule has 0 bridgehead atoms. The fraction of sp³-hybridized carbons (Fsp3) is 0.330. The number of nitrogens with one attached hydrogen (secondary N) is 1. The number of halogens is 2. The number of aromatic nitrogens is 16. The van der Waals surface area contributed by atoms with Crippen molar-refractivity contribution in [3.63, 3.8) is 0 Å². The SMILES string of the molecule is CN1CCN(c2ccc3nc(-c4ccc5nccn5c4)cc(=O)n3c2)CC1.Cc1cn2cc(-c3cc(=O)n4cc(N5CCN(CCO)CC5)ccc4n3)cc(F)c2n1.Cc1cn2nc(-c3cc(=O)n4cc(C5C[C@H](C)N[C@@H](C)C5)ccc4n3)cc2c(C)n1.Cc1nc2c(F)cc(-c3cc(=O)n4cc(N5CCN6CCC[C@H]6C5)ccc4n3)cc2o1. The Bertz CT molecular complexity index is 6820. The van der Waals surface area contributed by atoms with Crippen LogP contribution in [0.1, 0.15) is 74.0 Å². The molecule has 0 radical (unpaired) electrons. The highest BCUT2D eigenvalue weighted by molar-refractivity contribution is 5.80. The van der Waals surface area contributed by atoms with Crippen molar-refractivity contribution >= 4 is 67.6 Å². The Hall–Kier alpha value is -12.8. The largest absolute Gasteiger partial charge is 0.441 e. The van der Waals surface area contributed by atoms with Gasteiger partial charge in [-0.05, 0) is 164 Å². The van der Waals surface area contributed by atoms with Crippen LogP contribution < -0.4 is 42.3 Å². The minimum atomic E-state index is -0.493. The van der Waals surface area contributed by atoms with Crippen molar-refractivity contribution in [3.05, 3.63) is 253 Å². The zero-order valence-corrected chi connectivity index (χ0v) is 67.3. The minimum absolute atomic E-state index is 0.0725. The van der Waals surface area contributed by atoms with Crippen molar-refractivity contribution in [1.29, 1.82) is 0 Å². The quantitative estimate of drug-likeness (QED) is 0.129. The van der Waals surface area contributed by atoms with E-state index in [0.717, 1.165) is 130 Å². The fourth-order valence-corrected chi connectivity index (χ4v) is 17.3. The second-order valence-corrected chi connectivity index (χ2v) is 31.9. The lowest BCUT2D eigenvalue weighted by Gasteiger charge is -2.38. The van der Waals surface area contributed by atoms with Crippen LogP contribution in [0.3, 0.4) is 0 Å². The lowest BCUT2D eigenvalue weighted by Crippen LogP contribution is -2.50. The van der Waals surface area contributed by atoms with E-state index in [0.29, 0.717) is 110 Å². The summed E-state index contributed by atoms with van der Waals surface area (Å²) in [5.74, 6) is -0.107. The normalized spacial score (nSPS) is 18.2. The maximum atomic E-state index is 14.5. The summed E-state index contributed by atoms with van der Waals surface area (Å²) < 4.78 is 46.1. The van der Waals surface area contributed by atoms with Crippen molar-refractivity contribution in [1.82, 2.24) is 95.9 Å². The van der Waals surface area contributed by atoms with Gasteiger partial charge in [-0.15, -0.1) is 0 Å². The molecule has 3 atom stereocenters. The predicted molar refractivity (Wildman–Crippen MR) is 454 cm³/mol. The van der Waals surface area contributed by atoms with E-state index in [2.05, 4.69) is 103 Å². The number of likely N-dealkylation sites (N-methyl/N-ethyl adjacent to an activating group) is 1. The molecule has 119 heavy (non-hydrogen) atoms. The molecule has 0 saturated carbocycles. The number of hydrogen-bond acceptors (Lipinski definition) is 22. The number of aliphatic hydroxyl groups is 1. The van der Waals surface area contributed by atoms with E-state index in [1.165, 1.54) is 53.6 Å². The molecule has 1 aromatic carbocycles. The lowest BCUT2D eigenvalue weighted by molar-refractivity contribution is 0.189. The second kappa shape index (κ2) is 32.2. The molecule has 5 saturated heterocycles. The Kier molecular flexibility index (Phi) is 21.0. The van der Waals surface area contributed by atoms with Gasteiger partial charge in [0.25, 0.3) is 22.2 Å². The Morgan fingerprint density at radius 1 is 0.504 bits per heavy atom. The molecule has 608 valence electrons. The number of benzene rings is 1. The van der Waals surface area contributed by atoms with Crippen molar-refractivity contribution < 1.29 is 18.3 Å². The number of nitrogens with zero attached hydrogens (tertiary/aromatic N) is 22. The van der Waals surface area contributed by atoms with Crippen molar-refractivity contribution in [2.45, 2.75) is 91.3 Å². The van der Waals surface area contributed by atoms with Gasteiger partial charge in [0.05, 0.1) is 75.2 Å².